The van der Waals surface area contributed by atoms with E-state index >= 15 is 0 Å². The lowest BCUT2D eigenvalue weighted by molar-refractivity contribution is -0.118. The van der Waals surface area contributed by atoms with Crippen molar-refractivity contribution in [3.05, 3.63) is 28.8 Å². The zero-order chi connectivity index (χ0) is 12.3. The zero-order valence-electron chi connectivity index (χ0n) is 9.50. The van der Waals surface area contributed by atoms with Crippen LogP contribution in [-0.2, 0) is 4.79 Å². The minimum atomic E-state index is -0.128. The lowest BCUT2D eigenvalue weighted by atomic mass is 10.1. The number of halogens is 1. The molecule has 0 aromatic heterocycles. The van der Waals surface area contributed by atoms with Crippen molar-refractivity contribution in [3.63, 3.8) is 0 Å². The average molecular weight is 240 g/mol. The first kappa shape index (κ1) is 12.7. The molecule has 4 heteroatoms. The molecule has 0 spiro atoms. The van der Waals surface area contributed by atoms with Gasteiger partial charge in [-0.05, 0) is 25.1 Å². The summed E-state index contributed by atoms with van der Waals surface area (Å²) in [7, 11) is 0. The molecule has 0 heterocycles. The molecule has 0 unspecified atom stereocenters. The molecular formula is C12H14ClNO2. The predicted molar refractivity (Wildman–Crippen MR) is 64.9 cm³/mol. The topological polar surface area (TPSA) is 46.2 Å². The quantitative estimate of drug-likeness (QED) is 0.824. The number of carbonyl (C=O) groups excluding carboxylic acids is 2. The van der Waals surface area contributed by atoms with Gasteiger partial charge in [-0.1, -0.05) is 25.4 Å². The van der Waals surface area contributed by atoms with Gasteiger partial charge in [0.1, 0.15) is 0 Å². The highest BCUT2D eigenvalue weighted by Crippen LogP contribution is 2.23. The van der Waals surface area contributed by atoms with Crippen LogP contribution < -0.4 is 5.32 Å². The van der Waals surface area contributed by atoms with Crippen molar-refractivity contribution in [3.8, 4) is 0 Å². The highest BCUT2D eigenvalue weighted by atomic mass is 35.5. The Morgan fingerprint density at radius 1 is 1.31 bits per heavy atom. The first-order valence-electron chi connectivity index (χ1n) is 5.03. The molecule has 0 fully saturated rings. The van der Waals surface area contributed by atoms with Gasteiger partial charge in [-0.15, -0.1) is 0 Å². The van der Waals surface area contributed by atoms with Crippen LogP contribution in [0.1, 0.15) is 31.1 Å². The van der Waals surface area contributed by atoms with Crippen LogP contribution in [0.3, 0.4) is 0 Å². The number of rotatable bonds is 3. The summed E-state index contributed by atoms with van der Waals surface area (Å²) in [6.45, 7) is 5.05. The number of hydrogen-bond acceptors (Lipinski definition) is 2. The average Bonchev–Trinajstić information content (AvgIpc) is 2.20. The normalized spacial score (nSPS) is 10.3. The molecule has 1 aromatic rings. The third kappa shape index (κ3) is 3.07. The van der Waals surface area contributed by atoms with Crippen molar-refractivity contribution >= 4 is 29.0 Å². The molecule has 0 bridgehead atoms. The number of amides is 1. The molecule has 16 heavy (non-hydrogen) atoms. The predicted octanol–water partition coefficient (Wildman–Crippen LogP) is 3.14. The van der Waals surface area contributed by atoms with Gasteiger partial charge in [-0.2, -0.15) is 0 Å². The SMILES string of the molecule is CC(=O)c1ccc(Cl)c(NC(=O)C(C)C)c1. The summed E-state index contributed by atoms with van der Waals surface area (Å²) in [5.41, 5.74) is 1.01. The molecule has 86 valence electrons. The molecule has 0 saturated heterocycles. The second-order valence-corrected chi connectivity index (χ2v) is 4.30. The fourth-order valence-electron chi connectivity index (χ4n) is 1.12. The number of carbonyl (C=O) groups is 2. The van der Waals surface area contributed by atoms with Crippen LogP contribution in [0.5, 0.6) is 0 Å². The minimum absolute atomic E-state index is 0.0586. The van der Waals surface area contributed by atoms with Crippen LogP contribution in [0.15, 0.2) is 18.2 Å². The van der Waals surface area contributed by atoms with Gasteiger partial charge in [0.05, 0.1) is 10.7 Å². The fraction of sp³-hybridized carbons (Fsp3) is 0.333. The van der Waals surface area contributed by atoms with Crippen LogP contribution in [-0.4, -0.2) is 11.7 Å². The van der Waals surface area contributed by atoms with Gasteiger partial charge in [0.15, 0.2) is 5.78 Å². The maximum absolute atomic E-state index is 11.5. The molecule has 0 aliphatic heterocycles. The van der Waals surface area contributed by atoms with Crippen molar-refractivity contribution < 1.29 is 9.59 Å². The van der Waals surface area contributed by atoms with Gasteiger partial charge in [-0.25, -0.2) is 0 Å². The number of benzene rings is 1. The summed E-state index contributed by atoms with van der Waals surface area (Å²) < 4.78 is 0. The Kier molecular flexibility index (Phi) is 4.07. The van der Waals surface area contributed by atoms with Crippen molar-refractivity contribution in [2.24, 2.45) is 5.92 Å². The number of hydrogen-bond donors (Lipinski definition) is 1. The Morgan fingerprint density at radius 2 is 1.94 bits per heavy atom. The second kappa shape index (κ2) is 5.12. The first-order chi connectivity index (χ1) is 7.41. The molecule has 1 amide bonds. The van der Waals surface area contributed by atoms with Crippen molar-refractivity contribution in [2.75, 3.05) is 5.32 Å². The van der Waals surface area contributed by atoms with E-state index in [1.54, 1.807) is 32.0 Å². The summed E-state index contributed by atoms with van der Waals surface area (Å²) in [5.74, 6) is -0.309. The van der Waals surface area contributed by atoms with Gasteiger partial charge >= 0.3 is 0 Å². The fourth-order valence-corrected chi connectivity index (χ4v) is 1.28. The Bertz CT molecular complexity index is 427. The Balaban J connectivity index is 2.99. The number of Topliss-reactive ketones (excluding diaryl/α,β-unsaturated/α-hetero) is 1. The molecule has 3 nitrogen and oxygen atoms in total. The number of ketones is 1. The summed E-state index contributed by atoms with van der Waals surface area (Å²) >= 11 is 5.92. The van der Waals surface area contributed by atoms with E-state index in [9.17, 15) is 9.59 Å². The number of nitrogens with one attached hydrogen (secondary N) is 1. The Morgan fingerprint density at radius 3 is 2.44 bits per heavy atom. The largest absolute Gasteiger partial charge is 0.325 e. The summed E-state index contributed by atoms with van der Waals surface area (Å²) in [6, 6.07) is 4.83. The second-order valence-electron chi connectivity index (χ2n) is 3.89. The standard InChI is InChI=1S/C12H14ClNO2/c1-7(2)12(16)14-11-6-9(8(3)15)4-5-10(11)13/h4-7H,1-3H3,(H,14,16). The van der Waals surface area contributed by atoms with Gasteiger partial charge in [0, 0.05) is 11.5 Å². The molecule has 0 saturated carbocycles. The lowest BCUT2D eigenvalue weighted by Gasteiger charge is -2.10. The van der Waals surface area contributed by atoms with E-state index in [1.165, 1.54) is 6.92 Å². The van der Waals surface area contributed by atoms with E-state index in [1.807, 2.05) is 0 Å². The van der Waals surface area contributed by atoms with E-state index in [4.69, 9.17) is 11.6 Å². The smallest absolute Gasteiger partial charge is 0.226 e. The zero-order valence-corrected chi connectivity index (χ0v) is 10.3. The molecule has 0 radical (unpaired) electrons. The maximum atomic E-state index is 11.5. The Labute approximate surface area is 99.8 Å². The van der Waals surface area contributed by atoms with Gasteiger partial charge in [0.25, 0.3) is 0 Å². The van der Waals surface area contributed by atoms with Crippen LogP contribution >= 0.6 is 11.6 Å². The summed E-state index contributed by atoms with van der Waals surface area (Å²) in [6.07, 6.45) is 0. The van der Waals surface area contributed by atoms with E-state index in [2.05, 4.69) is 5.32 Å². The highest BCUT2D eigenvalue weighted by Gasteiger charge is 2.11. The van der Waals surface area contributed by atoms with Crippen molar-refractivity contribution in [1.82, 2.24) is 0 Å². The molecule has 0 atom stereocenters. The van der Waals surface area contributed by atoms with Gasteiger partial charge < -0.3 is 5.32 Å². The van der Waals surface area contributed by atoms with Crippen LogP contribution in [0.2, 0.25) is 5.02 Å². The molecule has 1 rings (SSSR count). The van der Waals surface area contributed by atoms with E-state index in [-0.39, 0.29) is 17.6 Å². The highest BCUT2D eigenvalue weighted by molar-refractivity contribution is 6.33. The molecular weight excluding hydrogens is 226 g/mol. The molecule has 0 aliphatic carbocycles. The summed E-state index contributed by atoms with van der Waals surface area (Å²) in [5, 5.41) is 3.11. The monoisotopic (exact) mass is 239 g/mol. The molecule has 1 N–H and O–H groups in total. The van der Waals surface area contributed by atoms with E-state index in [0.29, 0.717) is 16.3 Å². The minimum Gasteiger partial charge on any atom is -0.325 e. The first-order valence-corrected chi connectivity index (χ1v) is 5.41. The van der Waals surface area contributed by atoms with Crippen molar-refractivity contribution in [2.45, 2.75) is 20.8 Å². The third-order valence-electron chi connectivity index (χ3n) is 2.16. The van der Waals surface area contributed by atoms with Gasteiger partial charge in [-0.3, -0.25) is 9.59 Å². The maximum Gasteiger partial charge on any atom is 0.226 e. The van der Waals surface area contributed by atoms with Crippen LogP contribution in [0, 0.1) is 5.92 Å². The van der Waals surface area contributed by atoms with Gasteiger partial charge in [0.2, 0.25) is 5.91 Å². The van der Waals surface area contributed by atoms with Crippen LogP contribution in [0.25, 0.3) is 0 Å². The Hall–Kier alpha value is -1.35. The van der Waals surface area contributed by atoms with Crippen molar-refractivity contribution in [1.29, 1.82) is 0 Å². The number of anilines is 1. The summed E-state index contributed by atoms with van der Waals surface area (Å²) in [4.78, 5) is 22.7. The molecule has 1 aromatic carbocycles. The third-order valence-corrected chi connectivity index (χ3v) is 2.48. The van der Waals surface area contributed by atoms with E-state index in [0.717, 1.165) is 0 Å². The van der Waals surface area contributed by atoms with Crippen LogP contribution in [0.4, 0.5) is 5.69 Å². The van der Waals surface area contributed by atoms with E-state index < -0.39 is 0 Å². The lowest BCUT2D eigenvalue weighted by Crippen LogP contribution is -2.18. The molecule has 0 aliphatic rings.